The van der Waals surface area contributed by atoms with Crippen LogP contribution in [0.5, 0.6) is 0 Å². The molecule has 0 unspecified atom stereocenters. The first-order valence-corrected chi connectivity index (χ1v) is 16.3. The second-order valence-electron chi connectivity index (χ2n) is 11.4. The molecule has 3 aliphatic rings. The summed E-state index contributed by atoms with van der Waals surface area (Å²) in [6.45, 7) is 3.26. The number of nitrogens with one attached hydrogen (secondary N) is 6. The molecule has 6 rings (SSSR count). The van der Waals surface area contributed by atoms with Crippen LogP contribution >= 0.6 is 0 Å². The molecule has 8 bridgehead atoms. The van der Waals surface area contributed by atoms with E-state index in [2.05, 4.69) is 46.9 Å². The standard InChI is InChI=1S/C33H39N11O6/c45-28-22-4-1-5-23(40-22)29(46)35-11-17-44-19-13-37-31(48)25-7-2-6-24(41-25)30(47)36-12-18-43(16-10-34-28)20-14-38-32(49)26-8-3-9-27(42-26)33(50)39-15-21-44/h1-9H,10-21H2,(H,34,45)(H,35,46)(H,36,47)(H,37,48)(H,38,49)(H,39,50). The molecule has 3 aliphatic heterocycles. The van der Waals surface area contributed by atoms with Gasteiger partial charge in [-0.3, -0.25) is 38.6 Å². The molecular weight excluding hydrogens is 646 g/mol. The molecule has 17 nitrogen and oxygen atoms in total. The number of rotatable bonds is 0. The fraction of sp³-hybridized carbons (Fsp3) is 0.364. The van der Waals surface area contributed by atoms with Crippen LogP contribution in [0.25, 0.3) is 0 Å². The van der Waals surface area contributed by atoms with Gasteiger partial charge in [0.15, 0.2) is 0 Å². The lowest BCUT2D eigenvalue weighted by atomic mass is 10.2. The molecule has 3 aromatic rings. The van der Waals surface area contributed by atoms with Gasteiger partial charge in [0.25, 0.3) is 35.4 Å². The van der Waals surface area contributed by atoms with E-state index >= 15 is 0 Å². The Morgan fingerprint density at radius 3 is 0.700 bits per heavy atom. The van der Waals surface area contributed by atoms with Crippen molar-refractivity contribution < 1.29 is 28.8 Å². The number of fused-ring (bicyclic) bond motifs is 18. The third-order valence-corrected chi connectivity index (χ3v) is 7.92. The minimum atomic E-state index is -0.461. The maximum Gasteiger partial charge on any atom is 0.269 e. The Morgan fingerprint density at radius 2 is 0.520 bits per heavy atom. The smallest absolute Gasteiger partial charge is 0.269 e. The Hall–Kier alpha value is -5.81. The van der Waals surface area contributed by atoms with Crippen LogP contribution in [0.4, 0.5) is 0 Å². The molecule has 0 fully saturated rings. The molecule has 0 spiro atoms. The second-order valence-corrected chi connectivity index (χ2v) is 11.4. The van der Waals surface area contributed by atoms with Crippen molar-refractivity contribution in [3.05, 3.63) is 88.8 Å². The van der Waals surface area contributed by atoms with Crippen molar-refractivity contribution in [2.24, 2.45) is 0 Å². The van der Waals surface area contributed by atoms with Gasteiger partial charge in [0.2, 0.25) is 0 Å². The first-order valence-electron chi connectivity index (χ1n) is 16.3. The van der Waals surface area contributed by atoms with Crippen molar-refractivity contribution in [1.82, 2.24) is 56.7 Å². The zero-order valence-corrected chi connectivity index (χ0v) is 27.4. The molecule has 50 heavy (non-hydrogen) atoms. The summed E-state index contributed by atoms with van der Waals surface area (Å²) in [5.41, 5.74) is 0.446. The van der Waals surface area contributed by atoms with E-state index in [4.69, 9.17) is 0 Å². The molecule has 0 radical (unpaired) electrons. The Labute approximate surface area is 288 Å². The summed E-state index contributed by atoms with van der Waals surface area (Å²) in [6, 6.07) is 13.8. The highest BCUT2D eigenvalue weighted by atomic mass is 16.2. The fourth-order valence-electron chi connectivity index (χ4n) is 5.24. The number of hydrogen-bond acceptors (Lipinski definition) is 11. The molecule has 0 aliphatic carbocycles. The van der Waals surface area contributed by atoms with Gasteiger partial charge in [0.05, 0.1) is 0 Å². The van der Waals surface area contributed by atoms with Crippen LogP contribution < -0.4 is 31.9 Å². The van der Waals surface area contributed by atoms with E-state index < -0.39 is 35.4 Å². The van der Waals surface area contributed by atoms with E-state index in [1.165, 1.54) is 36.4 Å². The van der Waals surface area contributed by atoms with Crippen LogP contribution in [0.3, 0.4) is 0 Å². The van der Waals surface area contributed by atoms with Crippen molar-refractivity contribution in [2.45, 2.75) is 0 Å². The quantitative estimate of drug-likeness (QED) is 0.156. The number of aromatic nitrogens is 3. The maximum absolute atomic E-state index is 13.0. The summed E-state index contributed by atoms with van der Waals surface area (Å²) >= 11 is 0. The van der Waals surface area contributed by atoms with Gasteiger partial charge in [-0.2, -0.15) is 0 Å². The van der Waals surface area contributed by atoms with Crippen LogP contribution in [0.1, 0.15) is 62.9 Å². The lowest BCUT2D eigenvalue weighted by Gasteiger charge is -2.23. The van der Waals surface area contributed by atoms with Crippen molar-refractivity contribution in [2.75, 3.05) is 78.5 Å². The van der Waals surface area contributed by atoms with Crippen LogP contribution in [0.2, 0.25) is 0 Å². The maximum atomic E-state index is 13.0. The number of amides is 6. The lowest BCUT2D eigenvalue weighted by molar-refractivity contribution is 0.0931. The summed E-state index contributed by atoms with van der Waals surface area (Å²) in [6.07, 6.45) is 0. The van der Waals surface area contributed by atoms with Crippen LogP contribution in [-0.2, 0) is 0 Å². The highest BCUT2D eigenvalue weighted by molar-refractivity contribution is 5.98. The second kappa shape index (κ2) is 17.5. The molecule has 6 amide bonds. The van der Waals surface area contributed by atoms with E-state index in [0.717, 1.165) is 0 Å². The molecule has 6 N–H and O–H groups in total. The predicted molar refractivity (Wildman–Crippen MR) is 180 cm³/mol. The van der Waals surface area contributed by atoms with Crippen LogP contribution in [-0.4, -0.2) is 139 Å². The zero-order chi connectivity index (χ0) is 35.3. The van der Waals surface area contributed by atoms with Crippen LogP contribution in [0.15, 0.2) is 54.6 Å². The van der Waals surface area contributed by atoms with Crippen molar-refractivity contribution >= 4 is 35.4 Å². The number of carbonyl (C=O) groups is 6. The first kappa shape index (κ1) is 35.5. The van der Waals surface area contributed by atoms with E-state index in [1.54, 1.807) is 18.2 Å². The molecule has 0 saturated carbocycles. The average molecular weight is 686 g/mol. The SMILES string of the molecule is O=C1NCCN2CCNC(=O)c3cccc(n3)C(=O)NCCN(CCNC(=O)c3cccc1n3)CCNC(=O)c1cccc(n1)C(=O)NCC2. The molecule has 0 aromatic carbocycles. The Balaban J connectivity index is 1.43. The Morgan fingerprint density at radius 1 is 0.340 bits per heavy atom. The van der Waals surface area contributed by atoms with Gasteiger partial charge in [-0.1, -0.05) is 18.2 Å². The van der Waals surface area contributed by atoms with Gasteiger partial charge >= 0.3 is 0 Å². The van der Waals surface area contributed by atoms with Gasteiger partial charge in [-0.25, -0.2) is 15.0 Å². The van der Waals surface area contributed by atoms with E-state index in [1.807, 2.05) is 9.80 Å². The van der Waals surface area contributed by atoms with Crippen molar-refractivity contribution in [1.29, 1.82) is 0 Å². The molecule has 0 atom stereocenters. The van der Waals surface area contributed by atoms with E-state index in [-0.39, 0.29) is 73.4 Å². The molecule has 17 heteroatoms. The van der Waals surface area contributed by atoms with Crippen LogP contribution in [0, 0.1) is 0 Å². The number of hydrogen-bond donors (Lipinski definition) is 6. The monoisotopic (exact) mass is 685 g/mol. The van der Waals surface area contributed by atoms with Gasteiger partial charge in [-0.15, -0.1) is 0 Å². The largest absolute Gasteiger partial charge is 0.349 e. The lowest BCUT2D eigenvalue weighted by Crippen LogP contribution is -2.44. The highest BCUT2D eigenvalue weighted by Crippen LogP contribution is 2.04. The topological polar surface area (TPSA) is 220 Å². The molecule has 3 aromatic heterocycles. The van der Waals surface area contributed by atoms with Gasteiger partial charge < -0.3 is 31.9 Å². The number of nitrogens with zero attached hydrogens (tertiary/aromatic N) is 5. The number of carbonyl (C=O) groups excluding carboxylic acids is 6. The Bertz CT molecular complexity index is 1430. The molecule has 0 saturated heterocycles. The summed E-state index contributed by atoms with van der Waals surface area (Å²) < 4.78 is 0. The summed E-state index contributed by atoms with van der Waals surface area (Å²) in [5.74, 6) is -2.76. The average Bonchev–Trinajstić information content (AvgIpc) is 3.13. The van der Waals surface area contributed by atoms with Gasteiger partial charge in [0, 0.05) is 78.5 Å². The fourth-order valence-corrected chi connectivity index (χ4v) is 5.24. The third kappa shape index (κ3) is 10.1. The van der Waals surface area contributed by atoms with Gasteiger partial charge in [-0.05, 0) is 36.4 Å². The summed E-state index contributed by atoms with van der Waals surface area (Å²) in [5, 5.41) is 16.9. The highest BCUT2D eigenvalue weighted by Gasteiger charge is 2.18. The zero-order valence-electron chi connectivity index (χ0n) is 27.4. The minimum Gasteiger partial charge on any atom is -0.349 e. The Kier molecular flexibility index (Phi) is 12.5. The summed E-state index contributed by atoms with van der Waals surface area (Å²) in [7, 11) is 0. The first-order chi connectivity index (χ1) is 24.3. The normalized spacial score (nSPS) is 20.6. The van der Waals surface area contributed by atoms with Crippen molar-refractivity contribution in [3.8, 4) is 0 Å². The summed E-state index contributed by atoms with van der Waals surface area (Å²) in [4.78, 5) is 94.4. The molecular formula is C33H39N11O6. The number of pyridine rings is 3. The van der Waals surface area contributed by atoms with Crippen molar-refractivity contribution in [3.63, 3.8) is 0 Å². The predicted octanol–water partition coefficient (Wildman–Crippen LogP) is -1.72. The molecule has 262 valence electrons. The third-order valence-electron chi connectivity index (χ3n) is 7.92. The van der Waals surface area contributed by atoms with E-state index in [0.29, 0.717) is 39.3 Å². The molecule has 6 heterocycles. The van der Waals surface area contributed by atoms with E-state index in [9.17, 15) is 28.8 Å². The minimum absolute atomic E-state index is 0.0743. The van der Waals surface area contributed by atoms with Gasteiger partial charge in [0.1, 0.15) is 34.2 Å².